The molecule has 1 amide bonds. The summed E-state index contributed by atoms with van der Waals surface area (Å²) in [4.78, 5) is 12.2. The second-order valence-corrected chi connectivity index (χ2v) is 8.57. The van der Waals surface area contributed by atoms with Crippen molar-refractivity contribution in [2.75, 3.05) is 22.4 Å². The number of anilines is 2. The first kappa shape index (κ1) is 20.8. The summed E-state index contributed by atoms with van der Waals surface area (Å²) in [6.45, 7) is 5.85. The van der Waals surface area contributed by atoms with Crippen molar-refractivity contribution in [2.24, 2.45) is 0 Å². The number of ether oxygens (including phenoxy) is 1. The fraction of sp³-hybridized carbons (Fsp3) is 0.350. The van der Waals surface area contributed by atoms with Crippen LogP contribution in [0.1, 0.15) is 25.8 Å². The van der Waals surface area contributed by atoms with Crippen molar-refractivity contribution in [3.63, 3.8) is 0 Å². The average molecular weight is 391 g/mol. The molecule has 2 aromatic carbocycles. The predicted molar refractivity (Wildman–Crippen MR) is 109 cm³/mol. The summed E-state index contributed by atoms with van der Waals surface area (Å²) in [5.41, 5.74) is 2.15. The van der Waals surface area contributed by atoms with Gasteiger partial charge in [0.05, 0.1) is 18.0 Å². The number of hydrogen-bond acceptors (Lipinski definition) is 4. The van der Waals surface area contributed by atoms with E-state index in [4.69, 9.17) is 4.74 Å². The monoisotopic (exact) mass is 390 g/mol. The molecule has 1 N–H and O–H groups in total. The Bertz CT molecular complexity index is 877. The van der Waals surface area contributed by atoms with Gasteiger partial charge < -0.3 is 10.1 Å². The molecule has 146 valence electrons. The number of rotatable bonds is 8. The molecule has 0 spiro atoms. The first-order chi connectivity index (χ1) is 12.6. The quantitative estimate of drug-likeness (QED) is 0.748. The molecule has 2 rings (SSSR count). The van der Waals surface area contributed by atoms with E-state index in [2.05, 4.69) is 5.32 Å². The van der Waals surface area contributed by atoms with Gasteiger partial charge in [-0.3, -0.25) is 9.10 Å². The Labute approximate surface area is 161 Å². The highest BCUT2D eigenvalue weighted by Crippen LogP contribution is 2.20. The fourth-order valence-electron chi connectivity index (χ4n) is 2.59. The van der Waals surface area contributed by atoms with Crippen LogP contribution in [0.2, 0.25) is 0 Å². The zero-order chi connectivity index (χ0) is 20.0. The Morgan fingerprint density at radius 2 is 1.81 bits per heavy atom. The Hall–Kier alpha value is -2.54. The Kier molecular flexibility index (Phi) is 6.85. The van der Waals surface area contributed by atoms with Gasteiger partial charge in [-0.15, -0.1) is 0 Å². The van der Waals surface area contributed by atoms with Crippen molar-refractivity contribution in [3.8, 4) is 5.75 Å². The molecule has 0 saturated heterocycles. The third-order valence-corrected chi connectivity index (χ3v) is 4.94. The largest absolute Gasteiger partial charge is 0.491 e. The van der Waals surface area contributed by atoms with Crippen LogP contribution in [-0.4, -0.2) is 33.2 Å². The molecule has 27 heavy (non-hydrogen) atoms. The molecule has 0 atom stereocenters. The van der Waals surface area contributed by atoms with Crippen LogP contribution in [0.15, 0.2) is 48.5 Å². The molecule has 0 aromatic heterocycles. The molecule has 0 saturated carbocycles. The van der Waals surface area contributed by atoms with E-state index in [1.807, 2.05) is 26.8 Å². The molecule has 0 aliphatic rings. The normalized spacial score (nSPS) is 11.3. The fourth-order valence-corrected chi connectivity index (χ4v) is 3.50. The number of carbonyl (C=O) groups excluding carboxylic acids is 1. The zero-order valence-electron chi connectivity index (χ0n) is 16.1. The van der Waals surface area contributed by atoms with Gasteiger partial charge in [0, 0.05) is 18.7 Å². The number of carbonyl (C=O) groups is 1. The molecular formula is C20H26N2O4S. The van der Waals surface area contributed by atoms with Gasteiger partial charge in [0.2, 0.25) is 15.9 Å². The summed E-state index contributed by atoms with van der Waals surface area (Å²) in [7, 11) is -3.48. The van der Waals surface area contributed by atoms with Crippen LogP contribution in [0.25, 0.3) is 0 Å². The Balaban J connectivity index is 1.99. The summed E-state index contributed by atoms with van der Waals surface area (Å²) in [5, 5.41) is 2.78. The van der Waals surface area contributed by atoms with Crippen LogP contribution in [0, 0.1) is 6.92 Å². The second kappa shape index (κ2) is 8.90. The summed E-state index contributed by atoms with van der Waals surface area (Å²) >= 11 is 0. The van der Waals surface area contributed by atoms with Crippen LogP contribution >= 0.6 is 0 Å². The second-order valence-electron chi connectivity index (χ2n) is 6.66. The molecule has 0 aliphatic heterocycles. The van der Waals surface area contributed by atoms with Gasteiger partial charge in [0.15, 0.2) is 0 Å². The van der Waals surface area contributed by atoms with E-state index in [1.165, 1.54) is 4.31 Å². The van der Waals surface area contributed by atoms with E-state index in [0.29, 0.717) is 11.4 Å². The minimum Gasteiger partial charge on any atom is -0.491 e. The summed E-state index contributed by atoms with van der Waals surface area (Å²) in [6.07, 6.45) is 1.26. The zero-order valence-corrected chi connectivity index (χ0v) is 16.9. The minimum absolute atomic E-state index is 0.0469. The SMILES string of the molecule is Cc1cccc(N(CCC(=O)Nc2ccc(OC(C)C)cc2)S(C)(=O)=O)c1. The van der Waals surface area contributed by atoms with Crippen molar-refractivity contribution >= 4 is 27.3 Å². The minimum atomic E-state index is -3.48. The van der Waals surface area contributed by atoms with E-state index in [-0.39, 0.29) is 25.0 Å². The first-order valence-corrected chi connectivity index (χ1v) is 10.6. The molecule has 0 heterocycles. The number of amides is 1. The molecule has 6 nitrogen and oxygen atoms in total. The van der Waals surface area contributed by atoms with E-state index in [0.717, 1.165) is 17.6 Å². The standard InChI is InChI=1S/C20H26N2O4S/c1-15(2)26-19-10-8-17(9-11-19)21-20(23)12-13-22(27(4,24)25)18-7-5-6-16(3)14-18/h5-11,14-15H,12-13H2,1-4H3,(H,21,23). The highest BCUT2D eigenvalue weighted by atomic mass is 32.2. The molecular weight excluding hydrogens is 364 g/mol. The highest BCUT2D eigenvalue weighted by molar-refractivity contribution is 7.92. The van der Waals surface area contributed by atoms with Crippen molar-refractivity contribution in [1.29, 1.82) is 0 Å². The number of sulfonamides is 1. The highest BCUT2D eigenvalue weighted by Gasteiger charge is 2.18. The summed E-state index contributed by atoms with van der Waals surface area (Å²) in [6, 6.07) is 14.3. The van der Waals surface area contributed by atoms with Crippen molar-refractivity contribution in [1.82, 2.24) is 0 Å². The molecule has 2 aromatic rings. The van der Waals surface area contributed by atoms with Gasteiger partial charge >= 0.3 is 0 Å². The summed E-state index contributed by atoms with van der Waals surface area (Å²) < 4.78 is 31.1. The predicted octanol–water partition coefficient (Wildman–Crippen LogP) is 3.58. The number of aryl methyl sites for hydroxylation is 1. The molecule has 0 radical (unpaired) electrons. The van der Waals surface area contributed by atoms with Gasteiger partial charge in [0.25, 0.3) is 0 Å². The smallest absolute Gasteiger partial charge is 0.232 e. The van der Waals surface area contributed by atoms with Crippen molar-refractivity contribution in [2.45, 2.75) is 33.3 Å². The number of nitrogens with one attached hydrogen (secondary N) is 1. The molecule has 7 heteroatoms. The topological polar surface area (TPSA) is 75.7 Å². The maximum Gasteiger partial charge on any atom is 0.232 e. The van der Waals surface area contributed by atoms with Gasteiger partial charge in [0.1, 0.15) is 5.75 Å². The van der Waals surface area contributed by atoms with Crippen LogP contribution in [0.3, 0.4) is 0 Å². The van der Waals surface area contributed by atoms with E-state index >= 15 is 0 Å². The Morgan fingerprint density at radius 3 is 2.37 bits per heavy atom. The number of nitrogens with zero attached hydrogens (tertiary/aromatic N) is 1. The maximum absolute atomic E-state index is 12.2. The lowest BCUT2D eigenvalue weighted by molar-refractivity contribution is -0.116. The Morgan fingerprint density at radius 1 is 1.15 bits per heavy atom. The number of hydrogen-bond donors (Lipinski definition) is 1. The van der Waals surface area contributed by atoms with Gasteiger partial charge in [-0.25, -0.2) is 8.42 Å². The lowest BCUT2D eigenvalue weighted by Gasteiger charge is -2.22. The van der Waals surface area contributed by atoms with Crippen LogP contribution in [0.5, 0.6) is 5.75 Å². The van der Waals surface area contributed by atoms with E-state index < -0.39 is 10.0 Å². The lowest BCUT2D eigenvalue weighted by Crippen LogP contribution is -2.33. The van der Waals surface area contributed by atoms with E-state index in [9.17, 15) is 13.2 Å². The third kappa shape index (κ3) is 6.60. The summed E-state index contributed by atoms with van der Waals surface area (Å²) in [5.74, 6) is 0.472. The third-order valence-electron chi connectivity index (χ3n) is 3.74. The van der Waals surface area contributed by atoms with E-state index in [1.54, 1.807) is 42.5 Å². The van der Waals surface area contributed by atoms with Gasteiger partial charge in [-0.2, -0.15) is 0 Å². The van der Waals surface area contributed by atoms with Crippen LogP contribution in [-0.2, 0) is 14.8 Å². The van der Waals surface area contributed by atoms with Crippen molar-refractivity contribution < 1.29 is 17.9 Å². The van der Waals surface area contributed by atoms with Crippen molar-refractivity contribution in [3.05, 3.63) is 54.1 Å². The maximum atomic E-state index is 12.2. The average Bonchev–Trinajstić information content (AvgIpc) is 2.55. The van der Waals surface area contributed by atoms with Gasteiger partial charge in [-0.1, -0.05) is 12.1 Å². The molecule has 0 bridgehead atoms. The molecule has 0 unspecified atom stereocenters. The molecule has 0 aliphatic carbocycles. The van der Waals surface area contributed by atoms with Crippen LogP contribution < -0.4 is 14.4 Å². The van der Waals surface area contributed by atoms with Crippen LogP contribution in [0.4, 0.5) is 11.4 Å². The van der Waals surface area contributed by atoms with Gasteiger partial charge in [-0.05, 0) is 62.7 Å². The molecule has 0 fully saturated rings. The lowest BCUT2D eigenvalue weighted by atomic mass is 10.2. The number of benzene rings is 2. The first-order valence-electron chi connectivity index (χ1n) is 8.76.